The van der Waals surface area contributed by atoms with Gasteiger partial charge in [-0.1, -0.05) is 20.8 Å². The van der Waals surface area contributed by atoms with E-state index in [0.29, 0.717) is 18.1 Å². The van der Waals surface area contributed by atoms with Gasteiger partial charge in [-0.3, -0.25) is 0 Å². The lowest BCUT2D eigenvalue weighted by Crippen LogP contribution is -2.12. The molecule has 0 N–H and O–H groups in total. The Bertz CT molecular complexity index is 391. The van der Waals surface area contributed by atoms with Crippen LogP contribution in [0.4, 0.5) is 0 Å². The van der Waals surface area contributed by atoms with Gasteiger partial charge in [0.15, 0.2) is 23.3 Å². The van der Waals surface area contributed by atoms with E-state index in [4.69, 9.17) is 23.4 Å². The quantitative estimate of drug-likeness (QED) is 0.517. The van der Waals surface area contributed by atoms with E-state index in [1.165, 1.54) is 0 Å². The first kappa shape index (κ1) is 18.0. The van der Waals surface area contributed by atoms with E-state index < -0.39 is 9.76 Å². The minimum Gasteiger partial charge on any atom is -0.467 e. The highest BCUT2D eigenvalue weighted by Gasteiger charge is 2.12. The van der Waals surface area contributed by atoms with Gasteiger partial charge in [0.1, 0.15) is 11.5 Å². The van der Waals surface area contributed by atoms with E-state index in [0.717, 1.165) is 5.56 Å². The fraction of sp³-hybridized carbons (Fsp3) is 0.600. The molecule has 0 saturated heterocycles. The molecule has 5 nitrogen and oxygen atoms in total. The molecule has 0 atom stereocenters. The standard InChI is InChI=1S/C15H26O5Si/c1-15(2,3)21-20-9-12-6-13(18-10-16-4)8-14(7-12)19-11-17-5/h6-8H,9-11,21H2,1-5H3. The van der Waals surface area contributed by atoms with Crippen LogP contribution in [-0.2, 0) is 20.5 Å². The average Bonchev–Trinajstić information content (AvgIpc) is 2.41. The first-order chi connectivity index (χ1) is 9.94. The van der Waals surface area contributed by atoms with Crippen LogP contribution in [0.5, 0.6) is 11.5 Å². The first-order valence-corrected chi connectivity index (χ1v) is 8.18. The SMILES string of the molecule is COCOc1cc(CO[SiH2]C(C)(C)C)cc(OCOC)c1. The van der Waals surface area contributed by atoms with Gasteiger partial charge < -0.3 is 23.4 Å². The molecule has 0 radical (unpaired) electrons. The van der Waals surface area contributed by atoms with Crippen LogP contribution in [0.3, 0.4) is 0 Å². The Morgan fingerprint density at radius 1 is 0.905 bits per heavy atom. The van der Waals surface area contributed by atoms with Crippen molar-refractivity contribution < 1.29 is 23.4 Å². The largest absolute Gasteiger partial charge is 0.467 e. The average molecular weight is 314 g/mol. The minimum atomic E-state index is -0.582. The van der Waals surface area contributed by atoms with Crippen LogP contribution in [0.2, 0.25) is 5.04 Å². The molecular formula is C15H26O5Si. The zero-order valence-electron chi connectivity index (χ0n) is 13.6. The zero-order valence-corrected chi connectivity index (χ0v) is 15.0. The number of rotatable bonds is 9. The van der Waals surface area contributed by atoms with Crippen molar-refractivity contribution in [2.45, 2.75) is 32.4 Å². The van der Waals surface area contributed by atoms with E-state index >= 15 is 0 Å². The van der Waals surface area contributed by atoms with Gasteiger partial charge in [0, 0.05) is 20.3 Å². The number of hydrogen-bond donors (Lipinski definition) is 0. The fourth-order valence-corrected chi connectivity index (χ4v) is 2.56. The number of methoxy groups -OCH3 is 2. The Morgan fingerprint density at radius 2 is 1.43 bits per heavy atom. The Kier molecular flexibility index (Phi) is 7.74. The summed E-state index contributed by atoms with van der Waals surface area (Å²) >= 11 is 0. The molecule has 0 spiro atoms. The normalized spacial score (nSPS) is 12.0. The summed E-state index contributed by atoms with van der Waals surface area (Å²) in [5, 5.41) is 0.277. The lowest BCUT2D eigenvalue weighted by atomic mass is 10.2. The van der Waals surface area contributed by atoms with E-state index in [1.54, 1.807) is 14.2 Å². The summed E-state index contributed by atoms with van der Waals surface area (Å²) in [5.74, 6) is 1.39. The van der Waals surface area contributed by atoms with E-state index in [9.17, 15) is 0 Å². The molecule has 0 saturated carbocycles. The number of hydrogen-bond acceptors (Lipinski definition) is 5. The Labute approximate surface area is 129 Å². The molecule has 21 heavy (non-hydrogen) atoms. The lowest BCUT2D eigenvalue weighted by Gasteiger charge is -2.17. The third-order valence-corrected chi connectivity index (χ3v) is 3.70. The highest BCUT2D eigenvalue weighted by molar-refractivity contribution is 6.31. The van der Waals surface area contributed by atoms with Crippen LogP contribution in [0.15, 0.2) is 18.2 Å². The second-order valence-corrected chi connectivity index (χ2v) is 8.79. The topological polar surface area (TPSA) is 46.2 Å². The molecule has 120 valence electrons. The molecule has 0 aliphatic heterocycles. The highest BCUT2D eigenvalue weighted by atomic mass is 28.2. The van der Waals surface area contributed by atoms with Gasteiger partial charge in [0.05, 0.1) is 6.61 Å². The maximum Gasteiger partial charge on any atom is 0.188 e. The third-order valence-electron chi connectivity index (χ3n) is 2.43. The first-order valence-electron chi connectivity index (χ1n) is 6.90. The summed E-state index contributed by atoms with van der Waals surface area (Å²) < 4.78 is 26.7. The molecule has 0 heterocycles. The third kappa shape index (κ3) is 8.06. The predicted molar refractivity (Wildman–Crippen MR) is 84.5 cm³/mol. The van der Waals surface area contributed by atoms with Crippen LogP contribution in [-0.4, -0.2) is 37.6 Å². The molecule has 0 aliphatic carbocycles. The molecular weight excluding hydrogens is 288 g/mol. The van der Waals surface area contributed by atoms with Crippen molar-refractivity contribution in [3.63, 3.8) is 0 Å². The molecule has 0 unspecified atom stereocenters. The smallest absolute Gasteiger partial charge is 0.188 e. The van der Waals surface area contributed by atoms with Crippen molar-refractivity contribution in [2.24, 2.45) is 0 Å². The molecule has 0 aliphatic rings. The highest BCUT2D eigenvalue weighted by Crippen LogP contribution is 2.25. The van der Waals surface area contributed by atoms with Gasteiger partial charge in [0.2, 0.25) is 0 Å². The van der Waals surface area contributed by atoms with Crippen molar-refractivity contribution in [2.75, 3.05) is 27.8 Å². The van der Waals surface area contributed by atoms with Crippen LogP contribution in [0, 0.1) is 0 Å². The molecule has 0 amide bonds. The van der Waals surface area contributed by atoms with Crippen LogP contribution in [0.25, 0.3) is 0 Å². The maximum absolute atomic E-state index is 5.87. The molecule has 1 aromatic rings. The summed E-state index contributed by atoms with van der Waals surface area (Å²) in [6, 6.07) is 5.69. The van der Waals surface area contributed by atoms with E-state index in [2.05, 4.69) is 20.8 Å². The summed E-state index contributed by atoms with van der Waals surface area (Å²) in [6.07, 6.45) is 0. The molecule has 1 rings (SSSR count). The van der Waals surface area contributed by atoms with Crippen molar-refractivity contribution in [1.82, 2.24) is 0 Å². The lowest BCUT2D eigenvalue weighted by molar-refractivity contribution is 0.0458. The van der Waals surface area contributed by atoms with Gasteiger partial charge >= 0.3 is 0 Å². The van der Waals surface area contributed by atoms with Gasteiger partial charge in [0.25, 0.3) is 0 Å². The van der Waals surface area contributed by atoms with E-state index in [1.807, 2.05) is 18.2 Å². The van der Waals surface area contributed by atoms with Crippen molar-refractivity contribution in [3.8, 4) is 11.5 Å². The number of benzene rings is 1. The van der Waals surface area contributed by atoms with Crippen LogP contribution < -0.4 is 9.47 Å². The summed E-state index contributed by atoms with van der Waals surface area (Å²) in [6.45, 7) is 7.56. The van der Waals surface area contributed by atoms with Crippen molar-refractivity contribution >= 4 is 9.76 Å². The maximum atomic E-state index is 5.87. The molecule has 0 aromatic heterocycles. The van der Waals surface area contributed by atoms with Crippen LogP contribution >= 0.6 is 0 Å². The van der Waals surface area contributed by atoms with Gasteiger partial charge in [-0.25, -0.2) is 0 Å². The number of ether oxygens (including phenoxy) is 4. The monoisotopic (exact) mass is 314 g/mol. The second kappa shape index (κ2) is 9.04. The Hall–Kier alpha value is -1.08. The van der Waals surface area contributed by atoms with Crippen molar-refractivity contribution in [1.29, 1.82) is 0 Å². The van der Waals surface area contributed by atoms with Crippen LogP contribution in [0.1, 0.15) is 26.3 Å². The summed E-state index contributed by atoms with van der Waals surface area (Å²) in [7, 11) is 2.59. The summed E-state index contributed by atoms with van der Waals surface area (Å²) in [5.41, 5.74) is 1.02. The van der Waals surface area contributed by atoms with Gasteiger partial charge in [-0.15, -0.1) is 0 Å². The van der Waals surface area contributed by atoms with Crippen molar-refractivity contribution in [3.05, 3.63) is 23.8 Å². The minimum absolute atomic E-state index is 0.199. The predicted octanol–water partition coefficient (Wildman–Crippen LogP) is 2.47. The van der Waals surface area contributed by atoms with Gasteiger partial charge in [-0.2, -0.15) is 0 Å². The fourth-order valence-electron chi connectivity index (χ4n) is 1.61. The molecule has 1 aromatic carbocycles. The van der Waals surface area contributed by atoms with E-state index in [-0.39, 0.29) is 18.6 Å². The summed E-state index contributed by atoms with van der Waals surface area (Å²) in [4.78, 5) is 0. The Morgan fingerprint density at radius 3 is 1.86 bits per heavy atom. The Balaban J connectivity index is 2.70. The molecule has 0 fully saturated rings. The van der Waals surface area contributed by atoms with Gasteiger partial charge in [-0.05, 0) is 22.7 Å². The zero-order chi connectivity index (χ0) is 15.7. The molecule has 6 heteroatoms. The second-order valence-electron chi connectivity index (χ2n) is 5.97. The molecule has 0 bridgehead atoms.